The minimum absolute atomic E-state index is 0.0333. The molecule has 1 N–H and O–H groups in total. The minimum atomic E-state index is -4.57. The fourth-order valence-electron chi connectivity index (χ4n) is 2.60. The lowest BCUT2D eigenvalue weighted by Gasteiger charge is -2.18. The molecule has 0 radical (unpaired) electrons. The van der Waals surface area contributed by atoms with E-state index in [2.05, 4.69) is 20.4 Å². The Morgan fingerprint density at radius 1 is 1.48 bits per heavy atom. The summed E-state index contributed by atoms with van der Waals surface area (Å²) >= 11 is 0. The van der Waals surface area contributed by atoms with Gasteiger partial charge in [-0.25, -0.2) is 4.98 Å². The number of nitrogens with zero attached hydrogens (tertiary/aromatic N) is 5. The molecule has 0 aromatic carbocycles. The molecule has 124 valence electrons. The number of alkyl halides is 3. The Bertz CT molecular complexity index is 728. The van der Waals surface area contributed by atoms with Crippen LogP contribution < -0.4 is 5.32 Å². The molecule has 1 aliphatic heterocycles. The van der Waals surface area contributed by atoms with Gasteiger partial charge in [-0.2, -0.15) is 27.8 Å². The first kappa shape index (κ1) is 15.5. The number of aromatic nitrogens is 4. The van der Waals surface area contributed by atoms with E-state index in [-0.39, 0.29) is 23.5 Å². The molecular weight excluding hydrogens is 313 g/mol. The zero-order valence-corrected chi connectivity index (χ0v) is 12.3. The first-order valence-electron chi connectivity index (χ1n) is 7.20. The van der Waals surface area contributed by atoms with Gasteiger partial charge in [-0.05, 0) is 6.42 Å². The normalized spacial score (nSPS) is 18.6. The van der Waals surface area contributed by atoms with Crippen LogP contribution in [0.2, 0.25) is 0 Å². The third kappa shape index (κ3) is 3.06. The van der Waals surface area contributed by atoms with Crippen LogP contribution in [0.15, 0.2) is 12.4 Å². The second-order valence-corrected chi connectivity index (χ2v) is 5.32. The molecule has 1 atom stereocenters. The Balaban J connectivity index is 1.85. The molecule has 1 fully saturated rings. The quantitative estimate of drug-likeness (QED) is 0.925. The first-order chi connectivity index (χ1) is 10.9. The number of rotatable bonds is 3. The standard InChI is InChI=1S/C13H15F3N6O/c1-2-11(23)21-4-3-8(6-21)19-10-5-9(13(14,15)16)20-12-17-7-18-22(10)12/h5,7-8,19H,2-4,6H2,1H3. The molecule has 23 heavy (non-hydrogen) atoms. The van der Waals surface area contributed by atoms with Gasteiger partial charge in [0.15, 0.2) is 5.69 Å². The monoisotopic (exact) mass is 328 g/mol. The molecule has 10 heteroatoms. The summed E-state index contributed by atoms with van der Waals surface area (Å²) in [5.41, 5.74) is -1.03. The van der Waals surface area contributed by atoms with Gasteiger partial charge in [0.1, 0.15) is 12.1 Å². The van der Waals surface area contributed by atoms with E-state index < -0.39 is 11.9 Å². The molecule has 0 aliphatic carbocycles. The lowest BCUT2D eigenvalue weighted by molar-refractivity contribution is -0.141. The number of nitrogens with one attached hydrogen (secondary N) is 1. The summed E-state index contributed by atoms with van der Waals surface area (Å²) in [7, 11) is 0. The van der Waals surface area contributed by atoms with E-state index in [1.54, 1.807) is 11.8 Å². The van der Waals surface area contributed by atoms with Crippen molar-refractivity contribution >= 4 is 17.5 Å². The highest BCUT2D eigenvalue weighted by Crippen LogP contribution is 2.30. The van der Waals surface area contributed by atoms with Crippen molar-refractivity contribution in [2.45, 2.75) is 32.0 Å². The molecule has 3 rings (SSSR count). The molecule has 0 spiro atoms. The van der Waals surface area contributed by atoms with Crippen molar-refractivity contribution in [2.75, 3.05) is 18.4 Å². The average molecular weight is 328 g/mol. The van der Waals surface area contributed by atoms with Crippen LogP contribution in [0.1, 0.15) is 25.5 Å². The fourth-order valence-corrected chi connectivity index (χ4v) is 2.60. The van der Waals surface area contributed by atoms with Crippen LogP contribution in [-0.4, -0.2) is 49.5 Å². The summed E-state index contributed by atoms with van der Waals surface area (Å²) in [6.45, 7) is 2.81. The number of fused-ring (bicyclic) bond motifs is 1. The number of carbonyl (C=O) groups is 1. The summed E-state index contributed by atoms with van der Waals surface area (Å²) in [4.78, 5) is 20.6. The van der Waals surface area contributed by atoms with E-state index in [4.69, 9.17) is 0 Å². The van der Waals surface area contributed by atoms with Gasteiger partial charge in [0.05, 0.1) is 0 Å². The van der Waals surface area contributed by atoms with Gasteiger partial charge >= 0.3 is 6.18 Å². The molecular formula is C13H15F3N6O. The van der Waals surface area contributed by atoms with E-state index in [1.807, 2.05) is 0 Å². The summed E-state index contributed by atoms with van der Waals surface area (Å²) in [5, 5.41) is 6.90. The minimum Gasteiger partial charge on any atom is -0.365 e. The highest BCUT2D eigenvalue weighted by Gasteiger charge is 2.34. The van der Waals surface area contributed by atoms with Gasteiger partial charge < -0.3 is 10.2 Å². The second kappa shape index (κ2) is 5.67. The summed E-state index contributed by atoms with van der Waals surface area (Å²) in [5.74, 6) is 0.0725. The summed E-state index contributed by atoms with van der Waals surface area (Å²) in [6.07, 6.45) is -2.35. The molecule has 1 saturated heterocycles. The van der Waals surface area contributed by atoms with E-state index in [0.717, 1.165) is 12.4 Å². The smallest absolute Gasteiger partial charge is 0.365 e. The largest absolute Gasteiger partial charge is 0.433 e. The molecule has 2 aromatic rings. The third-order valence-corrected chi connectivity index (χ3v) is 3.74. The molecule has 0 saturated carbocycles. The topological polar surface area (TPSA) is 75.4 Å². The van der Waals surface area contributed by atoms with Gasteiger partial charge in [-0.15, -0.1) is 0 Å². The maximum absolute atomic E-state index is 12.9. The van der Waals surface area contributed by atoms with Gasteiger partial charge in [-0.1, -0.05) is 6.92 Å². The molecule has 0 bridgehead atoms. The van der Waals surface area contributed by atoms with Crippen LogP contribution >= 0.6 is 0 Å². The SMILES string of the molecule is CCC(=O)N1CCC(Nc2cc(C(F)(F)F)nc3ncnn23)C1. The maximum Gasteiger partial charge on any atom is 0.433 e. The Labute approximate surface area is 129 Å². The van der Waals surface area contributed by atoms with Crippen molar-refractivity contribution in [3.05, 3.63) is 18.1 Å². The van der Waals surface area contributed by atoms with E-state index in [9.17, 15) is 18.0 Å². The van der Waals surface area contributed by atoms with Gasteiger partial charge in [-0.3, -0.25) is 4.79 Å². The molecule has 1 unspecified atom stereocenters. The van der Waals surface area contributed by atoms with Crippen LogP contribution in [0.3, 0.4) is 0 Å². The Hall–Kier alpha value is -2.39. The van der Waals surface area contributed by atoms with E-state index in [0.29, 0.717) is 25.9 Å². The van der Waals surface area contributed by atoms with Gasteiger partial charge in [0, 0.05) is 31.6 Å². The summed E-state index contributed by atoms with van der Waals surface area (Å²) in [6, 6.07) is 0.771. The zero-order chi connectivity index (χ0) is 16.6. The Morgan fingerprint density at radius 3 is 2.96 bits per heavy atom. The van der Waals surface area contributed by atoms with Crippen LogP contribution in [0, 0.1) is 0 Å². The molecule has 3 heterocycles. The molecule has 1 amide bonds. The lowest BCUT2D eigenvalue weighted by Crippen LogP contribution is -2.31. The second-order valence-electron chi connectivity index (χ2n) is 5.32. The number of hydrogen-bond acceptors (Lipinski definition) is 5. The zero-order valence-electron chi connectivity index (χ0n) is 12.3. The summed E-state index contributed by atoms with van der Waals surface area (Å²) < 4.78 is 40.0. The van der Waals surface area contributed by atoms with Crippen molar-refractivity contribution < 1.29 is 18.0 Å². The number of halogens is 3. The predicted octanol–water partition coefficient (Wildman–Crippen LogP) is 1.57. The van der Waals surface area contributed by atoms with Gasteiger partial charge in [0.2, 0.25) is 5.91 Å². The van der Waals surface area contributed by atoms with E-state index in [1.165, 1.54) is 4.52 Å². The molecule has 7 nitrogen and oxygen atoms in total. The van der Waals surface area contributed by atoms with Crippen molar-refractivity contribution in [1.29, 1.82) is 0 Å². The van der Waals surface area contributed by atoms with Gasteiger partial charge in [0.25, 0.3) is 5.78 Å². The van der Waals surface area contributed by atoms with Crippen molar-refractivity contribution in [3.63, 3.8) is 0 Å². The fraction of sp³-hybridized carbons (Fsp3) is 0.538. The molecule has 2 aromatic heterocycles. The molecule has 1 aliphatic rings. The predicted molar refractivity (Wildman–Crippen MR) is 74.7 cm³/mol. The van der Waals surface area contributed by atoms with Crippen LogP contribution in [0.25, 0.3) is 5.78 Å². The van der Waals surface area contributed by atoms with Crippen molar-refractivity contribution in [3.8, 4) is 0 Å². The number of carbonyl (C=O) groups excluding carboxylic acids is 1. The highest BCUT2D eigenvalue weighted by molar-refractivity contribution is 5.76. The average Bonchev–Trinajstić information content (AvgIpc) is 3.14. The first-order valence-corrected chi connectivity index (χ1v) is 7.20. The van der Waals surface area contributed by atoms with Crippen LogP contribution in [0.4, 0.5) is 19.0 Å². The van der Waals surface area contributed by atoms with Crippen molar-refractivity contribution in [1.82, 2.24) is 24.5 Å². The lowest BCUT2D eigenvalue weighted by atomic mass is 10.2. The highest BCUT2D eigenvalue weighted by atomic mass is 19.4. The van der Waals surface area contributed by atoms with Crippen LogP contribution in [0.5, 0.6) is 0 Å². The number of hydrogen-bond donors (Lipinski definition) is 1. The Morgan fingerprint density at radius 2 is 2.26 bits per heavy atom. The number of amides is 1. The van der Waals surface area contributed by atoms with E-state index >= 15 is 0 Å². The van der Waals surface area contributed by atoms with Crippen molar-refractivity contribution in [2.24, 2.45) is 0 Å². The maximum atomic E-state index is 12.9. The Kier molecular flexibility index (Phi) is 3.82. The number of likely N-dealkylation sites (tertiary alicyclic amines) is 1. The number of anilines is 1. The third-order valence-electron chi connectivity index (χ3n) is 3.74. The van der Waals surface area contributed by atoms with Crippen LogP contribution in [-0.2, 0) is 11.0 Å².